The number of amides is 1. The molecule has 1 amide bonds. The molecule has 1 saturated carbocycles. The monoisotopic (exact) mass is 282 g/mol. The number of benzene rings is 1. The molecule has 0 radical (unpaired) electrons. The normalized spacial score (nSPS) is 15.6. The van der Waals surface area contributed by atoms with E-state index in [4.69, 9.17) is 5.73 Å². The molecule has 1 atom stereocenters. The summed E-state index contributed by atoms with van der Waals surface area (Å²) in [7, 11) is 0. The molecule has 0 saturated heterocycles. The predicted molar refractivity (Wildman–Crippen MR) is 80.4 cm³/mol. The van der Waals surface area contributed by atoms with Crippen LogP contribution in [-0.2, 0) is 11.3 Å². The summed E-state index contributed by atoms with van der Waals surface area (Å²) in [5.74, 6) is 0.0655. The molecular formula is C15H23ClN2O. The van der Waals surface area contributed by atoms with Gasteiger partial charge in [0.05, 0.1) is 6.04 Å². The standard InChI is InChI=1S/C15H22N2O.ClH/c1-10-4-5-13(8-11(10)2)9-17(14-6-7-14)15(18)12(3)16;/h4-5,8,12,14H,6-7,9,16H2,1-3H3;1H/t12-;/m0./s1. The molecule has 0 spiro atoms. The lowest BCUT2D eigenvalue weighted by Gasteiger charge is -2.24. The summed E-state index contributed by atoms with van der Waals surface area (Å²) in [6.07, 6.45) is 2.23. The third-order valence-corrected chi connectivity index (χ3v) is 3.58. The quantitative estimate of drug-likeness (QED) is 0.923. The van der Waals surface area contributed by atoms with Crippen LogP contribution in [0.25, 0.3) is 0 Å². The van der Waals surface area contributed by atoms with Crippen LogP contribution in [-0.4, -0.2) is 22.9 Å². The van der Waals surface area contributed by atoms with Gasteiger partial charge in [0.25, 0.3) is 0 Å². The van der Waals surface area contributed by atoms with Gasteiger partial charge < -0.3 is 10.6 Å². The minimum atomic E-state index is -0.405. The van der Waals surface area contributed by atoms with E-state index in [1.165, 1.54) is 16.7 Å². The first-order valence-corrected chi connectivity index (χ1v) is 6.61. The summed E-state index contributed by atoms with van der Waals surface area (Å²) in [6.45, 7) is 6.66. The molecule has 0 bridgehead atoms. The third kappa shape index (κ3) is 3.95. The first-order chi connectivity index (χ1) is 8.49. The average Bonchev–Trinajstić information content (AvgIpc) is 3.13. The number of nitrogens with zero attached hydrogens (tertiary/aromatic N) is 1. The van der Waals surface area contributed by atoms with Crippen LogP contribution in [0.2, 0.25) is 0 Å². The number of hydrogen-bond donors (Lipinski definition) is 1. The van der Waals surface area contributed by atoms with Crippen LogP contribution in [0.15, 0.2) is 18.2 Å². The molecule has 1 aromatic rings. The summed E-state index contributed by atoms with van der Waals surface area (Å²) in [5.41, 5.74) is 9.47. The number of carbonyl (C=O) groups is 1. The maximum Gasteiger partial charge on any atom is 0.239 e. The molecule has 0 aliphatic heterocycles. The molecule has 1 fully saturated rings. The smallest absolute Gasteiger partial charge is 0.239 e. The highest BCUT2D eigenvalue weighted by Gasteiger charge is 2.33. The lowest BCUT2D eigenvalue weighted by atomic mass is 10.1. The van der Waals surface area contributed by atoms with E-state index >= 15 is 0 Å². The zero-order valence-corrected chi connectivity index (χ0v) is 12.7. The second kappa shape index (κ2) is 6.40. The molecular weight excluding hydrogens is 260 g/mol. The maximum atomic E-state index is 12.1. The van der Waals surface area contributed by atoms with Crippen molar-refractivity contribution in [3.05, 3.63) is 34.9 Å². The Bertz CT molecular complexity index is 455. The molecule has 19 heavy (non-hydrogen) atoms. The largest absolute Gasteiger partial charge is 0.334 e. The molecule has 1 aliphatic carbocycles. The van der Waals surface area contributed by atoms with Gasteiger partial charge in [0.1, 0.15) is 0 Å². The van der Waals surface area contributed by atoms with Crippen molar-refractivity contribution >= 4 is 18.3 Å². The lowest BCUT2D eigenvalue weighted by molar-refractivity contribution is -0.133. The van der Waals surface area contributed by atoms with E-state index in [1.54, 1.807) is 6.92 Å². The number of rotatable bonds is 4. The summed E-state index contributed by atoms with van der Waals surface area (Å²) < 4.78 is 0. The van der Waals surface area contributed by atoms with E-state index in [1.807, 2.05) is 4.90 Å². The zero-order chi connectivity index (χ0) is 13.3. The molecule has 0 heterocycles. The van der Waals surface area contributed by atoms with Crippen LogP contribution in [0.4, 0.5) is 0 Å². The second-order valence-corrected chi connectivity index (χ2v) is 5.40. The highest BCUT2D eigenvalue weighted by atomic mass is 35.5. The fourth-order valence-corrected chi connectivity index (χ4v) is 2.13. The van der Waals surface area contributed by atoms with Gasteiger partial charge in [0.2, 0.25) is 5.91 Å². The van der Waals surface area contributed by atoms with E-state index < -0.39 is 6.04 Å². The Balaban J connectivity index is 0.00000180. The van der Waals surface area contributed by atoms with Gasteiger partial charge in [-0.25, -0.2) is 0 Å². The molecule has 106 valence electrons. The number of nitrogens with two attached hydrogens (primary N) is 1. The fourth-order valence-electron chi connectivity index (χ4n) is 2.13. The van der Waals surface area contributed by atoms with Crippen molar-refractivity contribution < 1.29 is 4.79 Å². The fraction of sp³-hybridized carbons (Fsp3) is 0.533. The Kier molecular flexibility index (Phi) is 5.39. The van der Waals surface area contributed by atoms with Crippen molar-refractivity contribution in [1.29, 1.82) is 0 Å². The van der Waals surface area contributed by atoms with Gasteiger partial charge in [-0.2, -0.15) is 0 Å². The minimum absolute atomic E-state index is 0. The molecule has 2 rings (SSSR count). The molecule has 0 aromatic heterocycles. The predicted octanol–water partition coefficient (Wildman–Crippen LogP) is 2.56. The lowest BCUT2D eigenvalue weighted by Crippen LogP contribution is -2.42. The van der Waals surface area contributed by atoms with Gasteiger partial charge in [0.15, 0.2) is 0 Å². The van der Waals surface area contributed by atoms with Crippen LogP contribution in [0.3, 0.4) is 0 Å². The maximum absolute atomic E-state index is 12.1. The SMILES string of the molecule is Cc1ccc(CN(C(=O)[C@H](C)N)C2CC2)cc1C.Cl. The topological polar surface area (TPSA) is 46.3 Å². The molecule has 2 N–H and O–H groups in total. The Morgan fingerprint density at radius 1 is 1.37 bits per heavy atom. The van der Waals surface area contributed by atoms with E-state index in [9.17, 15) is 4.79 Å². The number of hydrogen-bond acceptors (Lipinski definition) is 2. The van der Waals surface area contributed by atoms with Crippen molar-refractivity contribution in [2.24, 2.45) is 5.73 Å². The van der Waals surface area contributed by atoms with Crippen molar-refractivity contribution in [2.45, 2.75) is 52.2 Å². The van der Waals surface area contributed by atoms with Crippen molar-refractivity contribution in [3.63, 3.8) is 0 Å². The highest BCUT2D eigenvalue weighted by Crippen LogP contribution is 2.29. The minimum Gasteiger partial charge on any atom is -0.334 e. The van der Waals surface area contributed by atoms with Crippen molar-refractivity contribution in [1.82, 2.24) is 4.90 Å². The molecule has 1 aromatic carbocycles. The Labute approximate surface area is 121 Å². The molecule has 0 unspecified atom stereocenters. The summed E-state index contributed by atoms with van der Waals surface area (Å²) in [4.78, 5) is 14.0. The van der Waals surface area contributed by atoms with Crippen LogP contribution in [0.1, 0.15) is 36.5 Å². The summed E-state index contributed by atoms with van der Waals surface area (Å²) in [5, 5.41) is 0. The second-order valence-electron chi connectivity index (χ2n) is 5.40. The van der Waals surface area contributed by atoms with Gasteiger partial charge >= 0.3 is 0 Å². The van der Waals surface area contributed by atoms with Gasteiger partial charge in [-0.15, -0.1) is 12.4 Å². The van der Waals surface area contributed by atoms with Gasteiger partial charge in [-0.3, -0.25) is 4.79 Å². The Morgan fingerprint density at radius 3 is 2.47 bits per heavy atom. The van der Waals surface area contributed by atoms with Crippen LogP contribution in [0, 0.1) is 13.8 Å². The van der Waals surface area contributed by atoms with E-state index in [0.29, 0.717) is 12.6 Å². The van der Waals surface area contributed by atoms with Crippen molar-refractivity contribution in [2.75, 3.05) is 0 Å². The van der Waals surface area contributed by atoms with Gasteiger partial charge in [-0.05, 0) is 50.3 Å². The van der Waals surface area contributed by atoms with E-state index in [2.05, 4.69) is 32.0 Å². The summed E-state index contributed by atoms with van der Waals surface area (Å²) in [6, 6.07) is 6.39. The first-order valence-electron chi connectivity index (χ1n) is 6.61. The number of carbonyl (C=O) groups excluding carboxylic acids is 1. The van der Waals surface area contributed by atoms with Gasteiger partial charge in [0, 0.05) is 12.6 Å². The number of aryl methyl sites for hydroxylation is 2. The van der Waals surface area contributed by atoms with E-state index in [0.717, 1.165) is 12.8 Å². The van der Waals surface area contributed by atoms with Crippen LogP contribution < -0.4 is 5.73 Å². The average molecular weight is 283 g/mol. The molecule has 4 heteroatoms. The molecule has 3 nitrogen and oxygen atoms in total. The third-order valence-electron chi connectivity index (χ3n) is 3.58. The first kappa shape index (κ1) is 16.0. The molecule has 1 aliphatic rings. The zero-order valence-electron chi connectivity index (χ0n) is 11.8. The van der Waals surface area contributed by atoms with Crippen LogP contribution in [0.5, 0.6) is 0 Å². The number of halogens is 1. The van der Waals surface area contributed by atoms with Crippen LogP contribution >= 0.6 is 12.4 Å². The van der Waals surface area contributed by atoms with E-state index in [-0.39, 0.29) is 18.3 Å². The van der Waals surface area contributed by atoms with Crippen molar-refractivity contribution in [3.8, 4) is 0 Å². The Hall–Kier alpha value is -1.06. The Morgan fingerprint density at radius 2 is 2.00 bits per heavy atom. The van der Waals surface area contributed by atoms with Gasteiger partial charge in [-0.1, -0.05) is 18.2 Å². The summed E-state index contributed by atoms with van der Waals surface area (Å²) >= 11 is 0. The highest BCUT2D eigenvalue weighted by molar-refractivity contribution is 5.85.